The van der Waals surface area contributed by atoms with Crippen LogP contribution in [0.25, 0.3) is 5.65 Å². The third kappa shape index (κ3) is 2.81. The van der Waals surface area contributed by atoms with Gasteiger partial charge in [-0.25, -0.2) is 4.98 Å². The minimum atomic E-state index is -0.767. The van der Waals surface area contributed by atoms with Gasteiger partial charge in [0.1, 0.15) is 11.3 Å². The second-order valence-corrected chi connectivity index (χ2v) is 6.10. The maximum absolute atomic E-state index is 12.9. The Kier molecular flexibility index (Phi) is 4.07. The quantitative estimate of drug-likeness (QED) is 0.941. The van der Waals surface area contributed by atoms with E-state index in [0.29, 0.717) is 38.0 Å². The smallest absolute Gasteiger partial charge is 0.306 e. The Morgan fingerprint density at radius 1 is 1.35 bits per heavy atom. The molecule has 0 unspecified atom stereocenters. The lowest BCUT2D eigenvalue weighted by molar-refractivity contribution is -0.143. The molecule has 1 N–H and O–H groups in total. The Labute approximate surface area is 134 Å². The number of hydrogen-bond acceptors (Lipinski definition) is 3. The Balaban J connectivity index is 1.90. The van der Waals surface area contributed by atoms with Gasteiger partial charge < -0.3 is 10.0 Å². The lowest BCUT2D eigenvalue weighted by Crippen LogP contribution is -2.41. The van der Waals surface area contributed by atoms with E-state index in [-0.39, 0.29) is 11.8 Å². The number of carboxylic acid groups (broad SMARTS) is 1. The van der Waals surface area contributed by atoms with Crippen molar-refractivity contribution < 1.29 is 14.7 Å². The van der Waals surface area contributed by atoms with Gasteiger partial charge in [-0.1, -0.05) is 6.92 Å². The summed E-state index contributed by atoms with van der Waals surface area (Å²) >= 11 is 0. The fraction of sp³-hybridized carbons (Fsp3) is 0.471. The molecule has 0 spiro atoms. The molecule has 2 aromatic heterocycles. The summed E-state index contributed by atoms with van der Waals surface area (Å²) in [4.78, 5) is 30.3. The fourth-order valence-corrected chi connectivity index (χ4v) is 3.15. The highest BCUT2D eigenvalue weighted by Crippen LogP contribution is 2.22. The van der Waals surface area contributed by atoms with Gasteiger partial charge in [0.15, 0.2) is 0 Å². The molecule has 6 heteroatoms. The average Bonchev–Trinajstić information content (AvgIpc) is 2.91. The molecular weight excluding hydrogens is 294 g/mol. The summed E-state index contributed by atoms with van der Waals surface area (Å²) in [6.07, 6.45) is 3.60. The summed E-state index contributed by atoms with van der Waals surface area (Å²) in [6, 6.07) is 3.92. The van der Waals surface area contributed by atoms with Crippen LogP contribution in [-0.4, -0.2) is 44.4 Å². The zero-order valence-electron chi connectivity index (χ0n) is 13.5. The molecule has 122 valence electrons. The molecule has 0 radical (unpaired) electrons. The molecule has 0 bridgehead atoms. The number of likely N-dealkylation sites (tertiary alicyclic amines) is 1. The minimum absolute atomic E-state index is 0.0537. The summed E-state index contributed by atoms with van der Waals surface area (Å²) in [5.74, 6) is -1.16. The number of piperidine rings is 1. The topological polar surface area (TPSA) is 74.9 Å². The Morgan fingerprint density at radius 3 is 2.65 bits per heavy atom. The minimum Gasteiger partial charge on any atom is -0.481 e. The molecule has 2 aromatic rings. The van der Waals surface area contributed by atoms with E-state index in [1.807, 2.05) is 36.6 Å². The van der Waals surface area contributed by atoms with Crippen LogP contribution in [0.4, 0.5) is 0 Å². The average molecular weight is 315 g/mol. The van der Waals surface area contributed by atoms with Crippen LogP contribution in [-0.2, 0) is 11.2 Å². The highest BCUT2D eigenvalue weighted by Gasteiger charge is 2.30. The number of carbonyl (C=O) groups excluding carboxylic acids is 1. The van der Waals surface area contributed by atoms with Crippen molar-refractivity contribution in [1.29, 1.82) is 0 Å². The van der Waals surface area contributed by atoms with Crippen molar-refractivity contribution in [3.8, 4) is 0 Å². The first-order valence-corrected chi connectivity index (χ1v) is 8.01. The van der Waals surface area contributed by atoms with Crippen molar-refractivity contribution in [3.05, 3.63) is 35.3 Å². The van der Waals surface area contributed by atoms with Gasteiger partial charge in [-0.3, -0.25) is 14.0 Å². The maximum Gasteiger partial charge on any atom is 0.306 e. The number of carbonyl (C=O) groups is 2. The van der Waals surface area contributed by atoms with E-state index in [9.17, 15) is 9.59 Å². The first kappa shape index (κ1) is 15.5. The highest BCUT2D eigenvalue weighted by molar-refractivity contribution is 5.95. The number of imidazole rings is 1. The Morgan fingerprint density at radius 2 is 2.04 bits per heavy atom. The van der Waals surface area contributed by atoms with Gasteiger partial charge in [0.2, 0.25) is 0 Å². The third-order valence-corrected chi connectivity index (χ3v) is 4.52. The van der Waals surface area contributed by atoms with Crippen LogP contribution >= 0.6 is 0 Å². The van der Waals surface area contributed by atoms with Crippen LogP contribution in [0.15, 0.2) is 18.3 Å². The number of aromatic nitrogens is 2. The normalized spacial score (nSPS) is 16.0. The molecule has 0 atom stereocenters. The molecule has 23 heavy (non-hydrogen) atoms. The Hall–Kier alpha value is -2.37. The van der Waals surface area contributed by atoms with Crippen LogP contribution in [0.3, 0.4) is 0 Å². The van der Waals surface area contributed by atoms with E-state index >= 15 is 0 Å². The van der Waals surface area contributed by atoms with Gasteiger partial charge in [0.05, 0.1) is 11.6 Å². The van der Waals surface area contributed by atoms with Gasteiger partial charge in [-0.2, -0.15) is 0 Å². The molecule has 0 aliphatic carbocycles. The second kappa shape index (κ2) is 6.02. The van der Waals surface area contributed by atoms with Crippen molar-refractivity contribution in [1.82, 2.24) is 14.3 Å². The van der Waals surface area contributed by atoms with Crippen molar-refractivity contribution in [3.63, 3.8) is 0 Å². The number of pyridine rings is 1. The van der Waals surface area contributed by atoms with Crippen molar-refractivity contribution in [2.45, 2.75) is 33.1 Å². The standard InChI is InChI=1S/C17H21N3O3/c1-3-13-15(20-9-4-11(2)10-14(20)18-13)16(21)19-7-5-12(6-8-19)17(22)23/h4,9-10,12H,3,5-8H2,1-2H3,(H,22,23). The lowest BCUT2D eigenvalue weighted by atomic mass is 9.97. The van der Waals surface area contributed by atoms with Crippen molar-refractivity contribution >= 4 is 17.5 Å². The van der Waals surface area contributed by atoms with Crippen LogP contribution in [0.1, 0.15) is 41.5 Å². The van der Waals surface area contributed by atoms with Crippen molar-refractivity contribution in [2.75, 3.05) is 13.1 Å². The number of aliphatic carboxylic acids is 1. The van der Waals surface area contributed by atoms with E-state index in [1.54, 1.807) is 4.90 Å². The molecular formula is C17H21N3O3. The van der Waals surface area contributed by atoms with E-state index < -0.39 is 5.97 Å². The summed E-state index contributed by atoms with van der Waals surface area (Å²) in [5, 5.41) is 9.08. The number of aryl methyl sites for hydroxylation is 2. The number of rotatable bonds is 3. The number of nitrogens with zero attached hydrogens (tertiary/aromatic N) is 3. The van der Waals surface area contributed by atoms with E-state index in [2.05, 4.69) is 4.98 Å². The molecule has 3 heterocycles. The number of hydrogen-bond donors (Lipinski definition) is 1. The van der Waals surface area contributed by atoms with Crippen LogP contribution < -0.4 is 0 Å². The third-order valence-electron chi connectivity index (χ3n) is 4.52. The van der Waals surface area contributed by atoms with E-state index in [0.717, 1.165) is 16.9 Å². The SMILES string of the molecule is CCc1nc2cc(C)ccn2c1C(=O)N1CCC(C(=O)O)CC1. The number of amides is 1. The molecule has 1 fully saturated rings. The largest absolute Gasteiger partial charge is 0.481 e. The fourth-order valence-electron chi connectivity index (χ4n) is 3.15. The molecule has 1 aliphatic heterocycles. The predicted molar refractivity (Wildman–Crippen MR) is 85.6 cm³/mol. The highest BCUT2D eigenvalue weighted by atomic mass is 16.4. The molecule has 0 aromatic carbocycles. The van der Waals surface area contributed by atoms with Crippen LogP contribution in [0.2, 0.25) is 0 Å². The molecule has 1 saturated heterocycles. The monoisotopic (exact) mass is 315 g/mol. The summed E-state index contributed by atoms with van der Waals surface area (Å²) < 4.78 is 1.84. The zero-order chi connectivity index (χ0) is 16.6. The number of fused-ring (bicyclic) bond motifs is 1. The van der Waals surface area contributed by atoms with Crippen molar-refractivity contribution in [2.24, 2.45) is 5.92 Å². The molecule has 6 nitrogen and oxygen atoms in total. The molecule has 1 aliphatic rings. The van der Waals surface area contributed by atoms with Gasteiger partial charge in [0.25, 0.3) is 5.91 Å². The lowest BCUT2D eigenvalue weighted by Gasteiger charge is -2.30. The summed E-state index contributed by atoms with van der Waals surface area (Å²) in [7, 11) is 0. The predicted octanol–water partition coefficient (Wildman–Crippen LogP) is 2.14. The maximum atomic E-state index is 12.9. The van der Waals surface area contributed by atoms with Gasteiger partial charge in [0, 0.05) is 19.3 Å². The van der Waals surface area contributed by atoms with Gasteiger partial charge >= 0.3 is 5.97 Å². The van der Waals surface area contributed by atoms with Gasteiger partial charge in [-0.05, 0) is 43.9 Å². The second-order valence-electron chi connectivity index (χ2n) is 6.10. The first-order valence-electron chi connectivity index (χ1n) is 8.01. The number of carboxylic acids is 1. The molecule has 3 rings (SSSR count). The van der Waals surface area contributed by atoms with Crippen LogP contribution in [0, 0.1) is 12.8 Å². The van der Waals surface area contributed by atoms with Gasteiger partial charge in [-0.15, -0.1) is 0 Å². The van der Waals surface area contributed by atoms with E-state index in [1.165, 1.54) is 0 Å². The summed E-state index contributed by atoms with van der Waals surface area (Å²) in [6.45, 7) is 4.96. The Bertz CT molecular complexity index is 758. The zero-order valence-corrected chi connectivity index (χ0v) is 13.5. The molecule has 0 saturated carbocycles. The van der Waals surface area contributed by atoms with E-state index in [4.69, 9.17) is 5.11 Å². The summed E-state index contributed by atoms with van der Waals surface area (Å²) in [5.41, 5.74) is 3.29. The first-order chi connectivity index (χ1) is 11.0. The molecule has 1 amide bonds. The van der Waals surface area contributed by atoms with Crippen LogP contribution in [0.5, 0.6) is 0 Å².